The quantitative estimate of drug-likeness (QED) is 0.548. The molecule has 3 rings (SSSR count). The number of aromatic amines is 2. The number of nitrogens with zero attached hydrogens (tertiary/aromatic N) is 1. The van der Waals surface area contributed by atoms with Gasteiger partial charge in [0.15, 0.2) is 0 Å². The number of hydrogen-bond acceptors (Lipinski definition) is 3. The average Bonchev–Trinajstić information content (AvgIpc) is 3.17. The van der Waals surface area contributed by atoms with Gasteiger partial charge in [-0.1, -0.05) is 18.2 Å². The second-order valence-electron chi connectivity index (χ2n) is 5.29. The van der Waals surface area contributed by atoms with Crippen LogP contribution in [0.4, 0.5) is 0 Å². The molecule has 0 radical (unpaired) electrons. The van der Waals surface area contributed by atoms with Gasteiger partial charge in [-0.2, -0.15) is 0 Å². The maximum absolute atomic E-state index is 12.0. The Morgan fingerprint density at radius 3 is 3.00 bits per heavy atom. The van der Waals surface area contributed by atoms with E-state index in [1.165, 1.54) is 10.9 Å². The monoisotopic (exact) mass is 297 g/mol. The second kappa shape index (κ2) is 6.44. The molecule has 0 saturated carbocycles. The van der Waals surface area contributed by atoms with Crippen LogP contribution >= 0.6 is 0 Å². The maximum atomic E-state index is 12.0. The molecule has 0 aliphatic carbocycles. The number of para-hydroxylation sites is 1. The van der Waals surface area contributed by atoms with Gasteiger partial charge in [0.05, 0.1) is 12.4 Å². The van der Waals surface area contributed by atoms with Gasteiger partial charge in [-0.3, -0.25) is 4.79 Å². The molecule has 114 valence electrons. The molecule has 0 unspecified atom stereocenters. The van der Waals surface area contributed by atoms with E-state index in [2.05, 4.69) is 26.3 Å². The molecule has 0 aliphatic rings. The first-order valence-corrected chi connectivity index (χ1v) is 7.29. The fraction of sp³-hybridized carbons (Fsp3) is 0.250. The number of carbonyl (C=O) groups is 1. The summed E-state index contributed by atoms with van der Waals surface area (Å²) in [5.41, 5.74) is 9.06. The predicted molar refractivity (Wildman–Crippen MR) is 85.3 cm³/mol. The molecule has 1 aromatic carbocycles. The van der Waals surface area contributed by atoms with Gasteiger partial charge in [0.2, 0.25) is 5.91 Å². The number of aromatic nitrogens is 3. The summed E-state index contributed by atoms with van der Waals surface area (Å²) in [4.78, 5) is 22.1. The maximum Gasteiger partial charge on any atom is 0.237 e. The highest BCUT2D eigenvalue weighted by molar-refractivity contribution is 5.83. The van der Waals surface area contributed by atoms with E-state index in [1.54, 1.807) is 12.5 Å². The molecule has 5 N–H and O–H groups in total. The number of carbonyl (C=O) groups excluding carboxylic acids is 1. The Balaban J connectivity index is 1.51. The number of nitrogens with two attached hydrogens (primary N) is 1. The summed E-state index contributed by atoms with van der Waals surface area (Å²) in [6.45, 7) is 0.567. The normalized spacial score (nSPS) is 12.4. The lowest BCUT2D eigenvalue weighted by atomic mass is 10.1. The zero-order chi connectivity index (χ0) is 15.4. The Morgan fingerprint density at radius 2 is 2.18 bits per heavy atom. The number of benzene rings is 1. The fourth-order valence-electron chi connectivity index (χ4n) is 2.52. The van der Waals surface area contributed by atoms with E-state index in [-0.39, 0.29) is 5.91 Å². The van der Waals surface area contributed by atoms with Gasteiger partial charge in [-0.15, -0.1) is 0 Å². The van der Waals surface area contributed by atoms with Crippen LogP contribution in [-0.4, -0.2) is 33.4 Å². The fourth-order valence-corrected chi connectivity index (χ4v) is 2.52. The van der Waals surface area contributed by atoms with Crippen molar-refractivity contribution in [3.05, 3.63) is 54.2 Å². The molecule has 0 aliphatic heterocycles. The Bertz CT molecular complexity index is 747. The van der Waals surface area contributed by atoms with Crippen LogP contribution in [0.3, 0.4) is 0 Å². The van der Waals surface area contributed by atoms with Crippen molar-refractivity contribution in [1.82, 2.24) is 20.3 Å². The minimum atomic E-state index is -0.566. The molecule has 1 atom stereocenters. The summed E-state index contributed by atoms with van der Waals surface area (Å²) >= 11 is 0. The van der Waals surface area contributed by atoms with E-state index >= 15 is 0 Å². The second-order valence-corrected chi connectivity index (χ2v) is 5.29. The molecule has 22 heavy (non-hydrogen) atoms. The van der Waals surface area contributed by atoms with Crippen LogP contribution < -0.4 is 11.1 Å². The van der Waals surface area contributed by atoms with Gasteiger partial charge in [0.1, 0.15) is 0 Å². The molecule has 0 spiro atoms. The SMILES string of the molecule is N[C@H](Cc1cnc[nH]1)C(=O)NCCc1c[nH]c2ccccc12. The lowest BCUT2D eigenvalue weighted by Crippen LogP contribution is -2.42. The molecule has 2 aromatic heterocycles. The van der Waals surface area contributed by atoms with Gasteiger partial charge < -0.3 is 21.0 Å². The van der Waals surface area contributed by atoms with Crippen molar-refractivity contribution in [3.8, 4) is 0 Å². The lowest BCUT2D eigenvalue weighted by Gasteiger charge is -2.11. The number of nitrogens with one attached hydrogen (secondary N) is 3. The molecular formula is C16H19N5O. The van der Waals surface area contributed by atoms with Crippen molar-refractivity contribution in [3.63, 3.8) is 0 Å². The summed E-state index contributed by atoms with van der Waals surface area (Å²) in [6, 6.07) is 7.56. The number of fused-ring (bicyclic) bond motifs is 1. The summed E-state index contributed by atoms with van der Waals surface area (Å²) in [5, 5.41) is 4.08. The minimum absolute atomic E-state index is 0.144. The van der Waals surface area contributed by atoms with Crippen LogP contribution in [0.25, 0.3) is 10.9 Å². The third-order valence-corrected chi connectivity index (χ3v) is 3.70. The highest BCUT2D eigenvalue weighted by Crippen LogP contribution is 2.17. The van der Waals surface area contributed by atoms with Crippen LogP contribution in [0.5, 0.6) is 0 Å². The van der Waals surface area contributed by atoms with Gasteiger partial charge in [-0.05, 0) is 18.1 Å². The van der Waals surface area contributed by atoms with Crippen molar-refractivity contribution in [2.24, 2.45) is 5.73 Å². The first kappa shape index (κ1) is 14.3. The van der Waals surface area contributed by atoms with Crippen molar-refractivity contribution < 1.29 is 4.79 Å². The standard InChI is InChI=1S/C16H19N5O/c17-14(7-12-9-18-10-21-12)16(22)19-6-5-11-8-20-15-4-2-1-3-13(11)15/h1-4,8-10,14,20H,5-7,17H2,(H,18,21)(H,19,22)/t14-/m1/s1. The van der Waals surface area contributed by atoms with Crippen molar-refractivity contribution in [1.29, 1.82) is 0 Å². The highest BCUT2D eigenvalue weighted by atomic mass is 16.2. The molecule has 0 bridgehead atoms. The van der Waals surface area contributed by atoms with Crippen molar-refractivity contribution in [2.75, 3.05) is 6.54 Å². The molecular weight excluding hydrogens is 278 g/mol. The Morgan fingerprint density at radius 1 is 1.32 bits per heavy atom. The third kappa shape index (κ3) is 3.17. The smallest absolute Gasteiger partial charge is 0.237 e. The van der Waals surface area contributed by atoms with E-state index in [0.717, 1.165) is 17.6 Å². The number of hydrogen-bond donors (Lipinski definition) is 4. The first-order chi connectivity index (χ1) is 10.7. The van der Waals surface area contributed by atoms with Crippen LogP contribution in [-0.2, 0) is 17.6 Å². The van der Waals surface area contributed by atoms with Crippen LogP contribution in [0.1, 0.15) is 11.3 Å². The summed E-state index contributed by atoms with van der Waals surface area (Å²) in [7, 11) is 0. The predicted octanol–water partition coefficient (Wildman–Crippen LogP) is 1.12. The molecule has 3 aromatic rings. The molecule has 6 nitrogen and oxygen atoms in total. The van der Waals surface area contributed by atoms with Gasteiger partial charge in [0.25, 0.3) is 0 Å². The lowest BCUT2D eigenvalue weighted by molar-refractivity contribution is -0.122. The van der Waals surface area contributed by atoms with Gasteiger partial charge >= 0.3 is 0 Å². The van der Waals surface area contributed by atoms with E-state index in [1.807, 2.05) is 24.4 Å². The molecule has 0 saturated heterocycles. The third-order valence-electron chi connectivity index (χ3n) is 3.70. The Hall–Kier alpha value is -2.60. The zero-order valence-electron chi connectivity index (χ0n) is 12.2. The first-order valence-electron chi connectivity index (χ1n) is 7.29. The van der Waals surface area contributed by atoms with Gasteiger partial charge in [-0.25, -0.2) is 4.98 Å². The van der Waals surface area contributed by atoms with E-state index in [9.17, 15) is 4.79 Å². The summed E-state index contributed by atoms with van der Waals surface area (Å²) < 4.78 is 0. The summed E-state index contributed by atoms with van der Waals surface area (Å²) in [6.07, 6.45) is 6.48. The number of H-pyrrole nitrogens is 2. The number of imidazole rings is 1. The Kier molecular flexibility index (Phi) is 4.20. The van der Waals surface area contributed by atoms with E-state index in [4.69, 9.17) is 5.73 Å². The highest BCUT2D eigenvalue weighted by Gasteiger charge is 2.14. The minimum Gasteiger partial charge on any atom is -0.361 e. The van der Waals surface area contributed by atoms with Gasteiger partial charge in [0, 0.05) is 42.0 Å². The molecule has 6 heteroatoms. The van der Waals surface area contributed by atoms with E-state index in [0.29, 0.717) is 13.0 Å². The van der Waals surface area contributed by atoms with Crippen molar-refractivity contribution >= 4 is 16.8 Å². The zero-order valence-corrected chi connectivity index (χ0v) is 12.2. The topological polar surface area (TPSA) is 99.6 Å². The van der Waals surface area contributed by atoms with Crippen LogP contribution in [0.2, 0.25) is 0 Å². The summed E-state index contributed by atoms with van der Waals surface area (Å²) in [5.74, 6) is -0.144. The largest absolute Gasteiger partial charge is 0.361 e. The molecule has 2 heterocycles. The number of amides is 1. The van der Waals surface area contributed by atoms with Crippen molar-refractivity contribution in [2.45, 2.75) is 18.9 Å². The number of rotatable bonds is 6. The van der Waals surface area contributed by atoms with Crippen LogP contribution in [0, 0.1) is 0 Å². The van der Waals surface area contributed by atoms with E-state index < -0.39 is 6.04 Å². The molecule has 0 fully saturated rings. The average molecular weight is 297 g/mol. The van der Waals surface area contributed by atoms with Crippen LogP contribution in [0.15, 0.2) is 43.0 Å². The Labute approximate surface area is 128 Å². The molecule has 1 amide bonds.